The molecule has 0 aliphatic carbocycles. The average Bonchev–Trinajstić information content (AvgIpc) is 2.63. The Balaban J connectivity index is 2.35. The number of nitrogens with zero attached hydrogens (tertiary/aromatic N) is 2. The van der Waals surface area contributed by atoms with Crippen LogP contribution in [-0.2, 0) is 0 Å². The Morgan fingerprint density at radius 1 is 0.926 bits per heavy atom. The van der Waals surface area contributed by atoms with Crippen molar-refractivity contribution in [1.82, 2.24) is 4.90 Å². The van der Waals surface area contributed by atoms with E-state index in [2.05, 4.69) is 24.1 Å². The van der Waals surface area contributed by atoms with Gasteiger partial charge in [0.2, 0.25) is 0 Å². The number of rotatable bonds is 7. The Morgan fingerprint density at radius 3 is 2.04 bits per heavy atom. The van der Waals surface area contributed by atoms with Gasteiger partial charge in [0.15, 0.2) is 0 Å². The second-order valence-electron chi connectivity index (χ2n) is 6.78. The Hall–Kier alpha value is -2.04. The van der Waals surface area contributed by atoms with Crippen molar-refractivity contribution in [2.24, 2.45) is 0 Å². The number of urea groups is 1. The molecule has 5 heteroatoms. The molecule has 4 nitrogen and oxygen atoms in total. The first-order valence-corrected chi connectivity index (χ1v) is 9.89. The number of anilines is 2. The van der Waals surface area contributed by atoms with E-state index < -0.39 is 0 Å². The lowest BCUT2D eigenvalue weighted by Crippen LogP contribution is -2.42. The van der Waals surface area contributed by atoms with Gasteiger partial charge in [-0.05, 0) is 56.6 Å². The van der Waals surface area contributed by atoms with Crippen LogP contribution in [0.25, 0.3) is 0 Å². The molecule has 0 aliphatic rings. The molecule has 0 aromatic heterocycles. The van der Waals surface area contributed by atoms with Crippen LogP contribution in [0.2, 0.25) is 5.02 Å². The number of carbonyl (C=O) groups excluding carboxylic acids is 1. The Bertz CT molecular complexity index is 747. The zero-order chi connectivity index (χ0) is 20.0. The van der Waals surface area contributed by atoms with E-state index in [1.807, 2.05) is 56.0 Å². The molecule has 0 radical (unpaired) electrons. The lowest BCUT2D eigenvalue weighted by molar-refractivity contribution is 0.254. The SMILES string of the molecule is CCN(CC)CCN(C(=O)Nc1c(C)cccc1Cl)c1c(C)cccc1C. The Labute approximate surface area is 168 Å². The van der Waals surface area contributed by atoms with Crippen molar-refractivity contribution in [3.63, 3.8) is 0 Å². The van der Waals surface area contributed by atoms with E-state index in [0.29, 0.717) is 17.3 Å². The molecule has 2 aromatic rings. The van der Waals surface area contributed by atoms with E-state index in [1.54, 1.807) is 6.07 Å². The minimum absolute atomic E-state index is 0.157. The molecule has 0 unspecified atom stereocenters. The van der Waals surface area contributed by atoms with E-state index >= 15 is 0 Å². The van der Waals surface area contributed by atoms with E-state index in [9.17, 15) is 4.79 Å². The van der Waals surface area contributed by atoms with Crippen molar-refractivity contribution in [2.45, 2.75) is 34.6 Å². The minimum Gasteiger partial charge on any atom is -0.306 e. The van der Waals surface area contributed by atoms with Crippen LogP contribution in [0, 0.1) is 20.8 Å². The number of amides is 2. The van der Waals surface area contributed by atoms with E-state index in [1.165, 1.54) is 0 Å². The highest BCUT2D eigenvalue weighted by molar-refractivity contribution is 6.34. The largest absolute Gasteiger partial charge is 0.326 e. The molecule has 0 atom stereocenters. The third kappa shape index (κ3) is 5.24. The summed E-state index contributed by atoms with van der Waals surface area (Å²) in [5.41, 5.74) is 4.75. The van der Waals surface area contributed by atoms with Gasteiger partial charge in [0.25, 0.3) is 0 Å². The quantitative estimate of drug-likeness (QED) is 0.666. The topological polar surface area (TPSA) is 35.6 Å². The molecule has 0 aliphatic heterocycles. The Kier molecular flexibility index (Phi) is 7.69. The van der Waals surface area contributed by atoms with Crippen LogP contribution in [0.4, 0.5) is 16.2 Å². The highest BCUT2D eigenvalue weighted by Crippen LogP contribution is 2.28. The lowest BCUT2D eigenvalue weighted by atomic mass is 10.1. The maximum Gasteiger partial charge on any atom is 0.326 e. The molecular formula is C22H30ClN3O. The first kappa shape index (κ1) is 21.3. The van der Waals surface area contributed by atoms with Crippen LogP contribution in [0.15, 0.2) is 36.4 Å². The van der Waals surface area contributed by atoms with Crippen LogP contribution >= 0.6 is 11.6 Å². The van der Waals surface area contributed by atoms with Crippen LogP contribution < -0.4 is 10.2 Å². The smallest absolute Gasteiger partial charge is 0.306 e. The molecule has 0 heterocycles. The fraction of sp³-hybridized carbons (Fsp3) is 0.409. The third-order valence-electron chi connectivity index (χ3n) is 4.94. The molecule has 0 spiro atoms. The van der Waals surface area contributed by atoms with Crippen molar-refractivity contribution in [1.29, 1.82) is 0 Å². The molecule has 146 valence electrons. The summed E-state index contributed by atoms with van der Waals surface area (Å²) in [6.07, 6.45) is 0. The number of halogens is 1. The molecule has 0 saturated carbocycles. The lowest BCUT2D eigenvalue weighted by Gasteiger charge is -2.29. The summed E-state index contributed by atoms with van der Waals surface area (Å²) in [5.74, 6) is 0. The summed E-state index contributed by atoms with van der Waals surface area (Å²) < 4.78 is 0. The van der Waals surface area contributed by atoms with E-state index in [-0.39, 0.29) is 6.03 Å². The monoisotopic (exact) mass is 387 g/mol. The summed E-state index contributed by atoms with van der Waals surface area (Å²) in [6.45, 7) is 13.7. The average molecular weight is 388 g/mol. The second-order valence-corrected chi connectivity index (χ2v) is 7.19. The highest BCUT2D eigenvalue weighted by atomic mass is 35.5. The minimum atomic E-state index is -0.157. The van der Waals surface area contributed by atoms with Crippen molar-refractivity contribution >= 4 is 29.0 Å². The summed E-state index contributed by atoms with van der Waals surface area (Å²) in [6, 6.07) is 11.6. The highest BCUT2D eigenvalue weighted by Gasteiger charge is 2.21. The molecule has 0 saturated heterocycles. The zero-order valence-electron chi connectivity index (χ0n) is 17.0. The molecule has 2 rings (SSSR count). The van der Waals surface area contributed by atoms with Crippen molar-refractivity contribution in [3.05, 3.63) is 58.1 Å². The number of aryl methyl sites for hydroxylation is 3. The van der Waals surface area contributed by atoms with Crippen LogP contribution in [0.5, 0.6) is 0 Å². The zero-order valence-corrected chi connectivity index (χ0v) is 17.7. The van der Waals surface area contributed by atoms with Crippen LogP contribution in [0.1, 0.15) is 30.5 Å². The maximum absolute atomic E-state index is 13.2. The number of hydrogen-bond acceptors (Lipinski definition) is 2. The predicted molar refractivity (Wildman–Crippen MR) is 116 cm³/mol. The number of nitrogens with one attached hydrogen (secondary N) is 1. The fourth-order valence-electron chi connectivity index (χ4n) is 3.29. The number of likely N-dealkylation sites (N-methyl/N-ethyl adjacent to an activating group) is 1. The number of hydrogen-bond donors (Lipinski definition) is 1. The summed E-state index contributed by atoms with van der Waals surface area (Å²) in [5, 5.41) is 3.58. The van der Waals surface area contributed by atoms with Gasteiger partial charge in [0.1, 0.15) is 0 Å². The molecule has 2 aromatic carbocycles. The molecule has 1 N–H and O–H groups in total. The summed E-state index contributed by atoms with van der Waals surface area (Å²) in [7, 11) is 0. The standard InChI is InChI=1S/C22H30ClN3O/c1-6-25(7-2)14-15-26(21-17(4)11-8-12-18(21)5)22(27)24-20-16(3)10-9-13-19(20)23/h8-13H,6-7,14-15H2,1-5H3,(H,24,27). The summed E-state index contributed by atoms with van der Waals surface area (Å²) >= 11 is 6.32. The van der Waals surface area contributed by atoms with Gasteiger partial charge in [-0.1, -0.05) is 55.8 Å². The van der Waals surface area contributed by atoms with Gasteiger partial charge in [-0.25, -0.2) is 4.79 Å². The Morgan fingerprint density at radius 2 is 1.48 bits per heavy atom. The van der Waals surface area contributed by atoms with Crippen LogP contribution in [-0.4, -0.2) is 37.1 Å². The number of benzene rings is 2. The summed E-state index contributed by atoms with van der Waals surface area (Å²) in [4.78, 5) is 17.4. The molecule has 0 fully saturated rings. The van der Waals surface area contributed by atoms with Crippen molar-refractivity contribution in [2.75, 3.05) is 36.4 Å². The second kappa shape index (κ2) is 9.77. The molecular weight excluding hydrogens is 358 g/mol. The first-order valence-electron chi connectivity index (χ1n) is 9.51. The van der Waals surface area contributed by atoms with Gasteiger partial charge in [-0.2, -0.15) is 0 Å². The van der Waals surface area contributed by atoms with Crippen molar-refractivity contribution in [3.8, 4) is 0 Å². The van der Waals surface area contributed by atoms with Gasteiger partial charge in [-0.15, -0.1) is 0 Å². The maximum atomic E-state index is 13.2. The van der Waals surface area contributed by atoms with Crippen LogP contribution in [0.3, 0.4) is 0 Å². The molecule has 2 amide bonds. The normalized spacial score (nSPS) is 10.9. The number of carbonyl (C=O) groups is 1. The van der Waals surface area contributed by atoms with Gasteiger partial charge in [-0.3, -0.25) is 4.90 Å². The van der Waals surface area contributed by atoms with Crippen molar-refractivity contribution < 1.29 is 4.79 Å². The van der Waals surface area contributed by atoms with E-state index in [4.69, 9.17) is 11.6 Å². The van der Waals surface area contributed by atoms with Gasteiger partial charge < -0.3 is 10.2 Å². The molecule has 0 bridgehead atoms. The predicted octanol–water partition coefficient (Wildman–Crippen LogP) is 5.65. The third-order valence-corrected chi connectivity index (χ3v) is 5.26. The fourth-order valence-corrected chi connectivity index (χ4v) is 3.56. The van der Waals surface area contributed by atoms with E-state index in [0.717, 1.165) is 42.0 Å². The van der Waals surface area contributed by atoms with Gasteiger partial charge in [0.05, 0.1) is 16.4 Å². The number of para-hydroxylation sites is 2. The van der Waals surface area contributed by atoms with Gasteiger partial charge >= 0.3 is 6.03 Å². The molecule has 27 heavy (non-hydrogen) atoms. The first-order chi connectivity index (χ1) is 12.9. The van der Waals surface area contributed by atoms with Gasteiger partial charge in [0, 0.05) is 13.1 Å².